The maximum Gasteiger partial charge on any atom is 0.509 e. The van der Waals surface area contributed by atoms with Gasteiger partial charge in [0.1, 0.15) is 48.8 Å². The molecular weight excluding hydrogens is 1570 g/mol. The lowest BCUT2D eigenvalue weighted by Crippen LogP contribution is -2.69. The van der Waals surface area contributed by atoms with Gasteiger partial charge in [-0.05, 0) is 97.3 Å². The van der Waals surface area contributed by atoms with Crippen LogP contribution in [0.15, 0.2) is 316 Å². The highest BCUT2D eigenvalue weighted by molar-refractivity contribution is 7.00. The molecule has 0 radical (unpaired) electrons. The number of fused-ring (bicyclic) bond motifs is 1. The normalized spacial score (nSPS) is 26.2. The average Bonchev–Trinajstić information content (AvgIpc) is 1.12. The molecule has 5 aliphatic rings. The summed E-state index contributed by atoms with van der Waals surface area (Å²) >= 11 is 0. The van der Waals surface area contributed by atoms with Crippen molar-refractivity contribution in [3.63, 3.8) is 0 Å². The van der Waals surface area contributed by atoms with Crippen molar-refractivity contribution in [2.45, 2.75) is 202 Å². The number of hydrogen-bond donors (Lipinski definition) is 0. The molecule has 4 saturated heterocycles. The molecule has 0 N–H and O–H groups in total. The van der Waals surface area contributed by atoms with Crippen LogP contribution < -0.4 is 20.7 Å². The predicted molar refractivity (Wildman–Crippen MR) is 460 cm³/mol. The zero-order valence-corrected chi connectivity index (χ0v) is 71.3. The van der Waals surface area contributed by atoms with E-state index in [1.165, 1.54) is 0 Å². The molecule has 121 heavy (non-hydrogen) atoms. The minimum atomic E-state index is -3.45. The second-order valence-electron chi connectivity index (χ2n) is 33.1. The second-order valence-corrected chi connectivity index (χ2v) is 41.8. The molecule has 4 fully saturated rings. The zero-order chi connectivity index (χ0) is 83.9. The van der Waals surface area contributed by atoms with Crippen molar-refractivity contribution in [3.05, 3.63) is 349 Å². The van der Waals surface area contributed by atoms with Gasteiger partial charge in [-0.3, -0.25) is 0 Å². The molecule has 5 heterocycles. The molecule has 22 heteroatoms. The van der Waals surface area contributed by atoms with E-state index in [0.29, 0.717) is 11.1 Å². The van der Waals surface area contributed by atoms with E-state index in [9.17, 15) is 14.4 Å². The number of hydrogen-bond acceptors (Lipinski definition) is 20. The average molecular weight is 1670 g/mol. The molecular formula is C99H106O20Si2. The Labute approximate surface area is 710 Å². The molecule has 0 bridgehead atoms. The first kappa shape index (κ1) is 85.9. The highest BCUT2D eigenvalue weighted by Crippen LogP contribution is 2.44. The minimum Gasteiger partial charge on any atom is -0.493 e. The van der Waals surface area contributed by atoms with Gasteiger partial charge in [-0.2, -0.15) is 0 Å². The molecule has 5 aliphatic heterocycles. The van der Waals surface area contributed by atoms with Crippen LogP contribution >= 0.6 is 0 Å². The summed E-state index contributed by atoms with van der Waals surface area (Å²) < 4.78 is 122. The topological polar surface area (TPSA) is 208 Å². The summed E-state index contributed by atoms with van der Waals surface area (Å²) in [5, 5.41) is 2.94. The van der Waals surface area contributed by atoms with Gasteiger partial charge in [0, 0.05) is 0 Å². The Kier molecular flexibility index (Phi) is 28.0. The van der Waals surface area contributed by atoms with Crippen LogP contribution in [0.5, 0.6) is 0 Å². The maximum atomic E-state index is 14.7. The fourth-order valence-corrected chi connectivity index (χ4v) is 26.2. The van der Waals surface area contributed by atoms with Crippen LogP contribution in [-0.2, 0) is 106 Å². The van der Waals surface area contributed by atoms with Crippen LogP contribution in [0, 0.1) is 0 Å². The number of benzene rings is 10. The number of esters is 2. The maximum absolute atomic E-state index is 14.7. The van der Waals surface area contributed by atoms with E-state index < -0.39 is 155 Å². The van der Waals surface area contributed by atoms with Gasteiger partial charge < -0.3 is 79.9 Å². The van der Waals surface area contributed by atoms with Gasteiger partial charge in [-0.15, -0.1) is 0 Å². The molecule has 0 aromatic heterocycles. The lowest BCUT2D eigenvalue weighted by molar-refractivity contribution is -0.376. The Morgan fingerprint density at radius 3 is 1.01 bits per heavy atom. The van der Waals surface area contributed by atoms with Gasteiger partial charge in [0.2, 0.25) is 0 Å². The van der Waals surface area contributed by atoms with Crippen molar-refractivity contribution in [2.75, 3.05) is 13.2 Å². The van der Waals surface area contributed by atoms with E-state index in [-0.39, 0.29) is 39.6 Å². The van der Waals surface area contributed by atoms with Crippen LogP contribution in [0.3, 0.4) is 0 Å². The summed E-state index contributed by atoms with van der Waals surface area (Å²) in [7, 11) is -6.89. The first-order chi connectivity index (χ1) is 58.8. The molecule has 0 amide bonds. The highest BCUT2D eigenvalue weighted by Gasteiger charge is 2.62. The third-order valence-electron chi connectivity index (χ3n) is 23.0. The molecule has 0 spiro atoms. The Morgan fingerprint density at radius 2 is 0.645 bits per heavy atom. The van der Waals surface area contributed by atoms with Gasteiger partial charge in [-0.25, -0.2) is 14.4 Å². The number of carbonyl (C=O) groups is 3. The van der Waals surface area contributed by atoms with Gasteiger partial charge >= 0.3 is 18.1 Å². The van der Waals surface area contributed by atoms with E-state index in [2.05, 4.69) is 90.1 Å². The molecule has 10 aromatic rings. The summed E-state index contributed by atoms with van der Waals surface area (Å²) in [6.45, 7) is 16.6. The third-order valence-corrected chi connectivity index (χ3v) is 33.0. The Bertz CT molecular complexity index is 4850. The van der Waals surface area contributed by atoms with Gasteiger partial charge in [0.25, 0.3) is 16.6 Å². The summed E-state index contributed by atoms with van der Waals surface area (Å²) in [6, 6.07) is 97.1. The van der Waals surface area contributed by atoms with Crippen molar-refractivity contribution < 1.29 is 94.3 Å². The third kappa shape index (κ3) is 19.8. The van der Waals surface area contributed by atoms with E-state index in [0.717, 1.165) is 43.0 Å². The van der Waals surface area contributed by atoms with Crippen LogP contribution in [0.4, 0.5) is 4.79 Å². The SMILES string of the molecule is CC1O[C@@H](O[C@@H]2C=COC(CO[Si](c3ccccc3)(c3ccccc3)C(C)(C)C)C2O[C@@H]2OC(CO[Si](c3ccccc3)(c3ccccc3)C(C)(C)C)C3OC(=O)O[C@@H]3C2OC2OC(C)[C@@H](OC(=O)c3ccccc3)C(OCc3ccccc3)[C@H]2OCc2ccccc2)C(OCc2ccccc2)[C@@H](OCc2ccccc2)C1OC(=O)c1ccccc1. The van der Waals surface area contributed by atoms with Crippen LogP contribution in [0.1, 0.15) is 98.4 Å². The Balaban J connectivity index is 0.874. The van der Waals surface area contributed by atoms with Gasteiger partial charge in [-0.1, -0.05) is 321 Å². The molecule has 18 atom stereocenters. The summed E-state index contributed by atoms with van der Waals surface area (Å²) in [5.74, 6) is -1.21. The fraction of sp³-hybridized carbons (Fsp3) is 0.343. The standard InChI is InChI=1S/C99H106O20Si2/c1-67-82(114-92(100)73-47-27-13-28-48-73)86(104-61-69-39-19-9-20-40-69)89(106-63-71-43-23-11-24-44-71)94(110-67)112-79-59-60-103-80(65-108-120(98(3,4)5,75-51-31-15-32-52-75)76-53-33-16-34-54-76)84(79)116-96-91(88-85(118-97(102)119-88)81(113-96)66-109-121(99(6,7)8,77-55-35-17-36-56-77)78-57-37-18-38-58-78)117-95-90(107-64-72-45-25-12-26-46-72)87(105-62-70-41-21-10-22-42-70)83(68(2)111-95)115-93(101)74-49-29-14-30-50-74/h9-60,67-68,79-91,94-96H,61-66H2,1-8H3/t67?,68?,79-,80?,81?,82?,83-,84?,85?,86+,87?,88+,89?,90-,91?,94+,95?,96+/m1/s1. The summed E-state index contributed by atoms with van der Waals surface area (Å²) in [5.41, 5.74) is 3.94. The summed E-state index contributed by atoms with van der Waals surface area (Å²) in [6.07, 6.45) is -19.6. The van der Waals surface area contributed by atoms with Crippen molar-refractivity contribution in [1.82, 2.24) is 0 Å². The van der Waals surface area contributed by atoms with Crippen molar-refractivity contribution >= 4 is 55.5 Å². The molecule has 630 valence electrons. The van der Waals surface area contributed by atoms with Gasteiger partial charge in [0.05, 0.1) is 69.2 Å². The zero-order valence-electron chi connectivity index (χ0n) is 69.3. The van der Waals surface area contributed by atoms with Gasteiger partial charge in [0.15, 0.2) is 49.4 Å². The molecule has 0 saturated carbocycles. The van der Waals surface area contributed by atoms with E-state index in [1.54, 1.807) is 67.8 Å². The fourth-order valence-electron chi connectivity index (χ4n) is 17.1. The smallest absolute Gasteiger partial charge is 0.493 e. The van der Waals surface area contributed by atoms with E-state index >= 15 is 0 Å². The predicted octanol–water partition coefficient (Wildman–Crippen LogP) is 15.1. The number of ether oxygens (including phenoxy) is 15. The van der Waals surface area contributed by atoms with Crippen LogP contribution in [0.2, 0.25) is 10.1 Å². The molecule has 0 aliphatic carbocycles. The second kappa shape index (κ2) is 39.4. The lowest BCUT2D eigenvalue weighted by Gasteiger charge is -2.50. The van der Waals surface area contributed by atoms with Crippen molar-refractivity contribution in [1.29, 1.82) is 0 Å². The minimum absolute atomic E-state index is 0.00457. The highest BCUT2D eigenvalue weighted by atomic mass is 28.4. The Morgan fingerprint density at radius 1 is 0.339 bits per heavy atom. The largest absolute Gasteiger partial charge is 0.509 e. The van der Waals surface area contributed by atoms with E-state index in [4.69, 9.17) is 79.9 Å². The lowest BCUT2D eigenvalue weighted by atomic mass is 9.96. The van der Waals surface area contributed by atoms with Crippen LogP contribution in [0.25, 0.3) is 0 Å². The Hall–Kier alpha value is -10.1. The number of rotatable bonds is 32. The van der Waals surface area contributed by atoms with Crippen molar-refractivity contribution in [3.8, 4) is 0 Å². The molecule has 10 aromatic carbocycles. The number of carbonyl (C=O) groups excluding carboxylic acids is 3. The van der Waals surface area contributed by atoms with E-state index in [1.807, 2.05) is 213 Å². The quantitative estimate of drug-likeness (QED) is 0.0218. The molecule has 20 nitrogen and oxygen atoms in total. The monoisotopic (exact) mass is 1670 g/mol. The summed E-state index contributed by atoms with van der Waals surface area (Å²) in [4.78, 5) is 43.7. The first-order valence-corrected chi connectivity index (χ1v) is 45.4. The van der Waals surface area contributed by atoms with Crippen molar-refractivity contribution in [2.24, 2.45) is 0 Å². The van der Waals surface area contributed by atoms with Crippen LogP contribution in [-0.4, -0.2) is 158 Å². The first-order valence-electron chi connectivity index (χ1n) is 41.6. The molecule has 11 unspecified atom stereocenters. The molecule has 15 rings (SSSR count).